The quantitative estimate of drug-likeness (QED) is 0.696. The highest BCUT2D eigenvalue weighted by Crippen LogP contribution is 2.27. The number of aromatic amines is 1. The molecule has 1 saturated carbocycles. The van der Waals surface area contributed by atoms with Crippen LogP contribution in [0.4, 0.5) is 5.82 Å². The number of nitrogens with zero attached hydrogens (tertiary/aromatic N) is 3. The van der Waals surface area contributed by atoms with Crippen LogP contribution in [-0.2, 0) is 6.54 Å². The van der Waals surface area contributed by atoms with Crippen LogP contribution >= 0.6 is 11.6 Å². The monoisotopic (exact) mass is 342 g/mol. The van der Waals surface area contributed by atoms with Crippen LogP contribution in [0.25, 0.3) is 11.2 Å². The molecule has 4 rings (SSSR count). The van der Waals surface area contributed by atoms with E-state index < -0.39 is 0 Å². The van der Waals surface area contributed by atoms with Crippen LogP contribution in [0.2, 0.25) is 5.02 Å². The van der Waals surface area contributed by atoms with Crippen molar-refractivity contribution in [1.29, 1.82) is 0 Å². The molecular formula is C18H21ClN5+. The third kappa shape index (κ3) is 3.08. The van der Waals surface area contributed by atoms with Gasteiger partial charge < -0.3 is 10.3 Å². The van der Waals surface area contributed by atoms with Crippen molar-refractivity contribution in [1.82, 2.24) is 15.0 Å². The molecule has 3 aromatic rings. The molecule has 1 aliphatic carbocycles. The second-order valence-electron chi connectivity index (χ2n) is 6.74. The highest BCUT2D eigenvalue weighted by Gasteiger charge is 2.27. The van der Waals surface area contributed by atoms with E-state index in [1.165, 1.54) is 18.4 Å². The van der Waals surface area contributed by atoms with Crippen LogP contribution in [0.15, 0.2) is 30.6 Å². The molecule has 124 valence electrons. The lowest BCUT2D eigenvalue weighted by Crippen LogP contribution is -2.36. The Kier molecular flexibility index (Phi) is 3.88. The summed E-state index contributed by atoms with van der Waals surface area (Å²) in [6.07, 6.45) is 4.30. The Bertz CT molecular complexity index is 865. The topological polar surface area (TPSA) is 57.5 Å². The summed E-state index contributed by atoms with van der Waals surface area (Å²) in [6, 6.07) is 8.45. The van der Waals surface area contributed by atoms with Crippen molar-refractivity contribution in [3.63, 3.8) is 0 Å². The van der Waals surface area contributed by atoms with E-state index in [0.29, 0.717) is 18.5 Å². The minimum Gasteiger partial charge on any atom is -0.352 e. The maximum absolute atomic E-state index is 5.98. The van der Waals surface area contributed by atoms with Crippen molar-refractivity contribution in [3.05, 3.63) is 47.0 Å². The lowest BCUT2D eigenvalue weighted by atomic mass is 10.2. The van der Waals surface area contributed by atoms with E-state index in [4.69, 9.17) is 16.6 Å². The van der Waals surface area contributed by atoms with Crippen molar-refractivity contribution in [2.24, 2.45) is 0 Å². The third-order valence-electron chi connectivity index (χ3n) is 4.27. The van der Waals surface area contributed by atoms with Gasteiger partial charge in [0, 0.05) is 17.0 Å². The minimum atomic E-state index is 0.343. The molecule has 2 N–H and O–H groups in total. The van der Waals surface area contributed by atoms with Crippen molar-refractivity contribution in [2.75, 3.05) is 5.32 Å². The lowest BCUT2D eigenvalue weighted by molar-refractivity contribution is -0.667. The summed E-state index contributed by atoms with van der Waals surface area (Å²) in [7, 11) is 0. The molecule has 6 heteroatoms. The number of aromatic nitrogens is 4. The molecule has 1 aliphatic rings. The number of benzene rings is 1. The SMILES string of the molecule is CC(C)c1nc2c([nH]1)c(NC1CC1)nc[n+]2Cc1ccc(Cl)cc1. The van der Waals surface area contributed by atoms with Gasteiger partial charge in [-0.3, -0.25) is 0 Å². The molecule has 0 atom stereocenters. The summed E-state index contributed by atoms with van der Waals surface area (Å²) in [4.78, 5) is 12.9. The number of hydrogen-bond donors (Lipinski definition) is 2. The second kappa shape index (κ2) is 6.06. The lowest BCUT2D eigenvalue weighted by Gasteiger charge is -2.04. The number of anilines is 1. The zero-order chi connectivity index (χ0) is 16.7. The van der Waals surface area contributed by atoms with Crippen LogP contribution in [0.5, 0.6) is 0 Å². The van der Waals surface area contributed by atoms with Crippen LogP contribution in [0, 0.1) is 0 Å². The van der Waals surface area contributed by atoms with Gasteiger partial charge in [-0.05, 0) is 30.5 Å². The molecule has 0 spiro atoms. The first-order valence-corrected chi connectivity index (χ1v) is 8.77. The summed E-state index contributed by atoms with van der Waals surface area (Å²) >= 11 is 5.98. The summed E-state index contributed by atoms with van der Waals surface area (Å²) in [5.41, 5.74) is 3.10. The van der Waals surface area contributed by atoms with Crippen LogP contribution < -0.4 is 9.88 Å². The van der Waals surface area contributed by atoms with Gasteiger partial charge in [0.2, 0.25) is 12.1 Å². The highest BCUT2D eigenvalue weighted by atomic mass is 35.5. The summed E-state index contributed by atoms with van der Waals surface area (Å²) in [6.45, 7) is 5.00. The Morgan fingerprint density at radius 2 is 2.04 bits per heavy atom. The fraction of sp³-hybridized carbons (Fsp3) is 0.389. The standard InChI is InChI=1S/C18H20ClN5/c1-11(2)16-22-15-17(21-14-7-8-14)20-10-24(18(15)23-16)9-12-3-5-13(19)6-4-12/h3-6,10-11,14H,7-9H2,1-2H3,(H,21,22,23)/p+1. The third-order valence-corrected chi connectivity index (χ3v) is 4.52. The van der Waals surface area contributed by atoms with E-state index in [2.05, 4.69) is 33.7 Å². The number of rotatable bonds is 5. The second-order valence-corrected chi connectivity index (χ2v) is 7.18. The van der Waals surface area contributed by atoms with Gasteiger partial charge in [0.05, 0.1) is 6.54 Å². The first-order valence-electron chi connectivity index (χ1n) is 8.39. The van der Waals surface area contributed by atoms with E-state index in [1.807, 2.05) is 30.6 Å². The zero-order valence-electron chi connectivity index (χ0n) is 13.9. The van der Waals surface area contributed by atoms with Crippen molar-refractivity contribution < 1.29 is 4.57 Å². The van der Waals surface area contributed by atoms with Crippen LogP contribution in [0.3, 0.4) is 0 Å². The Morgan fingerprint density at radius 3 is 2.71 bits per heavy atom. The van der Waals surface area contributed by atoms with E-state index >= 15 is 0 Å². The number of H-pyrrole nitrogens is 1. The molecule has 0 radical (unpaired) electrons. The number of imidazole rings is 1. The fourth-order valence-electron chi connectivity index (χ4n) is 2.71. The predicted molar refractivity (Wildman–Crippen MR) is 95.4 cm³/mol. The Morgan fingerprint density at radius 1 is 1.29 bits per heavy atom. The first-order chi connectivity index (χ1) is 11.6. The zero-order valence-corrected chi connectivity index (χ0v) is 14.6. The van der Waals surface area contributed by atoms with Crippen LogP contribution in [0.1, 0.15) is 44.0 Å². The van der Waals surface area contributed by atoms with Gasteiger partial charge in [-0.1, -0.05) is 47.5 Å². The summed E-state index contributed by atoms with van der Waals surface area (Å²) < 4.78 is 2.08. The molecule has 1 fully saturated rings. The van der Waals surface area contributed by atoms with Gasteiger partial charge in [-0.15, -0.1) is 0 Å². The Hall–Kier alpha value is -2.14. The average Bonchev–Trinajstić information content (AvgIpc) is 3.25. The number of fused-ring (bicyclic) bond motifs is 1. The van der Waals surface area contributed by atoms with Crippen molar-refractivity contribution in [3.8, 4) is 0 Å². The minimum absolute atomic E-state index is 0.343. The molecule has 2 heterocycles. The number of hydrogen-bond acceptors (Lipinski definition) is 3. The molecule has 2 aromatic heterocycles. The molecule has 0 amide bonds. The van der Waals surface area contributed by atoms with Gasteiger partial charge in [0.15, 0.2) is 11.3 Å². The van der Waals surface area contributed by atoms with E-state index in [-0.39, 0.29) is 0 Å². The van der Waals surface area contributed by atoms with Gasteiger partial charge in [-0.25, -0.2) is 4.57 Å². The first kappa shape index (κ1) is 15.4. The Balaban J connectivity index is 1.75. The molecule has 5 nitrogen and oxygen atoms in total. The predicted octanol–water partition coefficient (Wildman–Crippen LogP) is 3.64. The molecule has 0 unspecified atom stereocenters. The van der Waals surface area contributed by atoms with Crippen molar-refractivity contribution >= 4 is 28.6 Å². The summed E-state index contributed by atoms with van der Waals surface area (Å²) in [5.74, 6) is 2.23. The number of nitrogens with one attached hydrogen (secondary N) is 2. The molecule has 0 aliphatic heterocycles. The van der Waals surface area contributed by atoms with Gasteiger partial charge in [0.25, 0.3) is 5.65 Å². The van der Waals surface area contributed by atoms with Gasteiger partial charge in [0.1, 0.15) is 0 Å². The van der Waals surface area contributed by atoms with Crippen molar-refractivity contribution in [2.45, 2.75) is 45.2 Å². The molecule has 24 heavy (non-hydrogen) atoms. The normalized spacial score (nSPS) is 14.5. The highest BCUT2D eigenvalue weighted by molar-refractivity contribution is 6.30. The maximum Gasteiger partial charge on any atom is 0.294 e. The van der Waals surface area contributed by atoms with Gasteiger partial charge >= 0.3 is 0 Å². The molecule has 0 bridgehead atoms. The van der Waals surface area contributed by atoms with E-state index in [1.54, 1.807) is 0 Å². The fourth-order valence-corrected chi connectivity index (χ4v) is 2.83. The van der Waals surface area contributed by atoms with E-state index in [0.717, 1.165) is 27.8 Å². The largest absolute Gasteiger partial charge is 0.352 e. The van der Waals surface area contributed by atoms with E-state index in [9.17, 15) is 0 Å². The number of halogens is 1. The maximum atomic E-state index is 5.98. The molecule has 0 saturated heterocycles. The average molecular weight is 343 g/mol. The molecular weight excluding hydrogens is 322 g/mol. The van der Waals surface area contributed by atoms with Crippen LogP contribution in [-0.4, -0.2) is 21.0 Å². The smallest absolute Gasteiger partial charge is 0.294 e. The Labute approximate surface area is 146 Å². The summed E-state index contributed by atoms with van der Waals surface area (Å²) in [5, 5.41) is 4.24. The van der Waals surface area contributed by atoms with Gasteiger partial charge in [-0.2, -0.15) is 0 Å². The molecule has 1 aromatic carbocycles.